The van der Waals surface area contributed by atoms with Gasteiger partial charge in [-0.05, 0) is 42.5 Å². The van der Waals surface area contributed by atoms with Crippen molar-refractivity contribution in [3.63, 3.8) is 0 Å². The van der Waals surface area contributed by atoms with Crippen LogP contribution in [0.15, 0.2) is 42.5 Å². The summed E-state index contributed by atoms with van der Waals surface area (Å²) >= 11 is 0. The first kappa shape index (κ1) is 14.5. The summed E-state index contributed by atoms with van der Waals surface area (Å²) in [5.41, 5.74) is 6.03. The largest absolute Gasteiger partial charge is 0.495 e. The van der Waals surface area contributed by atoms with E-state index in [1.807, 2.05) is 0 Å². The summed E-state index contributed by atoms with van der Waals surface area (Å²) < 4.78 is 17.9. The van der Waals surface area contributed by atoms with Crippen LogP contribution < -0.4 is 15.8 Å². The normalized spacial score (nSPS) is 10.0. The number of ether oxygens (including phenoxy) is 1. The van der Waals surface area contributed by atoms with E-state index in [-0.39, 0.29) is 11.1 Å². The summed E-state index contributed by atoms with van der Waals surface area (Å²) in [4.78, 5) is 23.2. The van der Waals surface area contributed by atoms with Gasteiger partial charge in [0.15, 0.2) is 0 Å². The SMILES string of the molecule is COc1ccc(C(N)=O)cc1NC(=O)c1ccc(F)cc1. The average molecular weight is 288 g/mol. The number of primary amides is 1. The van der Waals surface area contributed by atoms with Crippen LogP contribution in [0.1, 0.15) is 20.7 Å². The van der Waals surface area contributed by atoms with Gasteiger partial charge in [-0.2, -0.15) is 0 Å². The lowest BCUT2D eigenvalue weighted by molar-refractivity contribution is 0.0996. The van der Waals surface area contributed by atoms with E-state index in [0.29, 0.717) is 11.4 Å². The Kier molecular flexibility index (Phi) is 4.18. The monoisotopic (exact) mass is 288 g/mol. The van der Waals surface area contributed by atoms with Gasteiger partial charge in [-0.15, -0.1) is 0 Å². The van der Waals surface area contributed by atoms with Crippen molar-refractivity contribution in [2.45, 2.75) is 0 Å². The maximum Gasteiger partial charge on any atom is 0.255 e. The summed E-state index contributed by atoms with van der Waals surface area (Å²) in [5, 5.41) is 2.60. The molecule has 0 aliphatic carbocycles. The predicted molar refractivity (Wildman–Crippen MR) is 75.9 cm³/mol. The molecule has 21 heavy (non-hydrogen) atoms. The number of halogens is 1. The molecule has 0 fully saturated rings. The van der Waals surface area contributed by atoms with Gasteiger partial charge in [0.25, 0.3) is 5.91 Å². The molecule has 0 aliphatic heterocycles. The first-order chi connectivity index (χ1) is 10.0. The maximum absolute atomic E-state index is 12.8. The lowest BCUT2D eigenvalue weighted by atomic mass is 10.1. The number of nitrogens with one attached hydrogen (secondary N) is 1. The average Bonchev–Trinajstić information content (AvgIpc) is 2.47. The van der Waals surface area contributed by atoms with Crippen LogP contribution >= 0.6 is 0 Å². The molecule has 2 amide bonds. The van der Waals surface area contributed by atoms with Crippen LogP contribution in [0.2, 0.25) is 0 Å². The molecule has 108 valence electrons. The minimum Gasteiger partial charge on any atom is -0.495 e. The number of benzene rings is 2. The van der Waals surface area contributed by atoms with Gasteiger partial charge in [0.05, 0.1) is 12.8 Å². The van der Waals surface area contributed by atoms with E-state index in [1.54, 1.807) is 0 Å². The summed E-state index contributed by atoms with van der Waals surface area (Å²) in [6.45, 7) is 0. The lowest BCUT2D eigenvalue weighted by Gasteiger charge is -2.11. The van der Waals surface area contributed by atoms with Crippen LogP contribution in [-0.4, -0.2) is 18.9 Å². The van der Waals surface area contributed by atoms with Gasteiger partial charge in [-0.1, -0.05) is 0 Å². The Bertz CT molecular complexity index is 684. The number of anilines is 1. The highest BCUT2D eigenvalue weighted by Crippen LogP contribution is 2.26. The van der Waals surface area contributed by atoms with Gasteiger partial charge in [0.2, 0.25) is 5.91 Å². The van der Waals surface area contributed by atoms with Crippen molar-refractivity contribution in [1.82, 2.24) is 0 Å². The van der Waals surface area contributed by atoms with Crippen molar-refractivity contribution in [1.29, 1.82) is 0 Å². The Morgan fingerprint density at radius 2 is 1.71 bits per heavy atom. The lowest BCUT2D eigenvalue weighted by Crippen LogP contribution is -2.15. The van der Waals surface area contributed by atoms with Gasteiger partial charge in [0.1, 0.15) is 11.6 Å². The number of hydrogen-bond acceptors (Lipinski definition) is 3. The summed E-state index contributed by atoms with van der Waals surface area (Å²) in [6, 6.07) is 9.53. The highest BCUT2D eigenvalue weighted by atomic mass is 19.1. The van der Waals surface area contributed by atoms with Gasteiger partial charge in [-0.3, -0.25) is 9.59 Å². The van der Waals surface area contributed by atoms with E-state index in [0.717, 1.165) is 0 Å². The zero-order valence-electron chi connectivity index (χ0n) is 11.2. The molecule has 0 heterocycles. The van der Waals surface area contributed by atoms with Crippen LogP contribution in [0, 0.1) is 5.82 Å². The maximum atomic E-state index is 12.8. The number of rotatable bonds is 4. The molecular formula is C15H13FN2O3. The summed E-state index contributed by atoms with van der Waals surface area (Å²) in [5.74, 6) is -1.11. The quantitative estimate of drug-likeness (QED) is 0.904. The van der Waals surface area contributed by atoms with Crippen LogP contribution in [0.25, 0.3) is 0 Å². The summed E-state index contributed by atoms with van der Waals surface area (Å²) in [6.07, 6.45) is 0. The fraction of sp³-hybridized carbons (Fsp3) is 0.0667. The molecule has 0 bridgehead atoms. The number of methoxy groups -OCH3 is 1. The molecule has 0 aliphatic rings. The predicted octanol–water partition coefficient (Wildman–Crippen LogP) is 2.19. The smallest absolute Gasteiger partial charge is 0.255 e. The number of hydrogen-bond donors (Lipinski definition) is 2. The molecule has 0 spiro atoms. The van der Waals surface area contributed by atoms with E-state index in [4.69, 9.17) is 10.5 Å². The second kappa shape index (κ2) is 6.04. The fourth-order valence-electron chi connectivity index (χ4n) is 1.75. The molecule has 0 unspecified atom stereocenters. The second-order valence-electron chi connectivity index (χ2n) is 4.24. The van der Waals surface area contributed by atoms with Crippen molar-refractivity contribution in [3.05, 3.63) is 59.4 Å². The zero-order valence-corrected chi connectivity index (χ0v) is 11.2. The van der Waals surface area contributed by atoms with Crippen LogP contribution in [-0.2, 0) is 0 Å². The van der Waals surface area contributed by atoms with Gasteiger partial charge in [-0.25, -0.2) is 4.39 Å². The minimum absolute atomic E-state index is 0.241. The van der Waals surface area contributed by atoms with E-state index >= 15 is 0 Å². The third kappa shape index (κ3) is 3.36. The van der Waals surface area contributed by atoms with Crippen molar-refractivity contribution in [3.8, 4) is 5.75 Å². The number of carbonyl (C=O) groups is 2. The Morgan fingerprint density at radius 1 is 1.10 bits per heavy atom. The standard InChI is InChI=1S/C15H13FN2O3/c1-21-13-7-4-10(14(17)19)8-12(13)18-15(20)9-2-5-11(16)6-3-9/h2-8H,1H3,(H2,17,19)(H,18,20). The number of nitrogens with two attached hydrogens (primary N) is 1. The van der Waals surface area contributed by atoms with Crippen molar-refractivity contribution in [2.24, 2.45) is 5.73 Å². The van der Waals surface area contributed by atoms with E-state index in [1.165, 1.54) is 49.6 Å². The molecule has 5 nitrogen and oxygen atoms in total. The first-order valence-corrected chi connectivity index (χ1v) is 6.06. The molecule has 0 atom stereocenters. The van der Waals surface area contributed by atoms with Crippen molar-refractivity contribution < 1.29 is 18.7 Å². The molecule has 6 heteroatoms. The minimum atomic E-state index is -0.616. The van der Waals surface area contributed by atoms with Crippen LogP contribution in [0.5, 0.6) is 5.75 Å². The molecule has 2 aromatic rings. The van der Waals surface area contributed by atoms with Crippen molar-refractivity contribution in [2.75, 3.05) is 12.4 Å². The van der Waals surface area contributed by atoms with E-state index in [9.17, 15) is 14.0 Å². The Morgan fingerprint density at radius 3 is 2.29 bits per heavy atom. The Balaban J connectivity index is 2.29. The molecule has 2 rings (SSSR count). The molecule has 0 radical (unpaired) electrons. The van der Waals surface area contributed by atoms with Gasteiger partial charge < -0.3 is 15.8 Å². The zero-order chi connectivity index (χ0) is 15.4. The van der Waals surface area contributed by atoms with Gasteiger partial charge in [0, 0.05) is 11.1 Å². The van der Waals surface area contributed by atoms with Crippen LogP contribution in [0.3, 0.4) is 0 Å². The Hall–Kier alpha value is -2.89. The van der Waals surface area contributed by atoms with Crippen molar-refractivity contribution >= 4 is 17.5 Å². The third-order valence-electron chi connectivity index (χ3n) is 2.84. The highest BCUT2D eigenvalue weighted by molar-refractivity contribution is 6.05. The molecule has 0 saturated carbocycles. The molecule has 2 aromatic carbocycles. The topological polar surface area (TPSA) is 81.4 Å². The highest BCUT2D eigenvalue weighted by Gasteiger charge is 2.12. The number of carbonyl (C=O) groups excluding carboxylic acids is 2. The van der Waals surface area contributed by atoms with E-state index < -0.39 is 17.6 Å². The molecule has 0 saturated heterocycles. The third-order valence-corrected chi connectivity index (χ3v) is 2.84. The summed E-state index contributed by atoms with van der Waals surface area (Å²) in [7, 11) is 1.44. The van der Waals surface area contributed by atoms with E-state index in [2.05, 4.69) is 5.32 Å². The fourth-order valence-corrected chi connectivity index (χ4v) is 1.75. The van der Waals surface area contributed by atoms with Gasteiger partial charge >= 0.3 is 0 Å². The Labute approximate surface area is 120 Å². The number of amides is 2. The first-order valence-electron chi connectivity index (χ1n) is 6.06. The molecule has 0 aromatic heterocycles. The second-order valence-corrected chi connectivity index (χ2v) is 4.24. The van der Waals surface area contributed by atoms with Crippen LogP contribution in [0.4, 0.5) is 10.1 Å². The molecular weight excluding hydrogens is 275 g/mol. The molecule has 3 N–H and O–H groups in total.